The second kappa shape index (κ2) is 5.51. The lowest BCUT2D eigenvalue weighted by Crippen LogP contribution is -2.38. The summed E-state index contributed by atoms with van der Waals surface area (Å²) >= 11 is 0. The summed E-state index contributed by atoms with van der Waals surface area (Å²) < 4.78 is 26.2. The molecule has 1 aromatic rings. The Balaban J connectivity index is 2.15. The Morgan fingerprint density at radius 1 is 1.37 bits per heavy atom. The molecule has 0 spiro atoms. The summed E-state index contributed by atoms with van der Waals surface area (Å²) in [5, 5.41) is 0. The van der Waals surface area contributed by atoms with E-state index in [0.29, 0.717) is 31.1 Å². The summed E-state index contributed by atoms with van der Waals surface area (Å²) in [6.07, 6.45) is 1.46. The molecule has 0 fully saturated rings. The number of nitrogens with two attached hydrogens (primary N) is 1. The van der Waals surface area contributed by atoms with Crippen LogP contribution in [-0.2, 0) is 23.0 Å². The van der Waals surface area contributed by atoms with Gasteiger partial charge in [-0.05, 0) is 36.0 Å². The first kappa shape index (κ1) is 14.3. The molecule has 0 radical (unpaired) electrons. The first-order chi connectivity index (χ1) is 8.90. The molecule has 0 atom stereocenters. The largest absolute Gasteiger partial charge is 0.398 e. The van der Waals surface area contributed by atoms with E-state index in [1.54, 1.807) is 4.31 Å². The topological polar surface area (TPSA) is 63.4 Å². The van der Waals surface area contributed by atoms with Crippen LogP contribution < -0.4 is 5.73 Å². The predicted molar refractivity (Wildman–Crippen MR) is 78.2 cm³/mol. The molecule has 0 bridgehead atoms. The molecular weight excluding hydrogens is 260 g/mol. The Bertz CT molecular complexity index is 553. The molecule has 2 N–H and O–H groups in total. The number of nitrogen functional groups attached to an aromatic ring is 1. The third kappa shape index (κ3) is 3.28. The molecule has 0 saturated heterocycles. The highest BCUT2D eigenvalue weighted by Gasteiger charge is 2.27. The van der Waals surface area contributed by atoms with Gasteiger partial charge in [-0.25, -0.2) is 8.42 Å². The molecule has 0 aliphatic carbocycles. The number of nitrogens with zero attached hydrogens (tertiary/aromatic N) is 1. The number of hydrogen-bond donors (Lipinski definition) is 1. The maximum absolute atomic E-state index is 12.3. The van der Waals surface area contributed by atoms with E-state index in [-0.39, 0.29) is 5.75 Å². The Labute approximate surface area is 115 Å². The molecule has 1 aliphatic heterocycles. The van der Waals surface area contributed by atoms with E-state index < -0.39 is 10.0 Å². The van der Waals surface area contributed by atoms with Crippen LogP contribution in [0.2, 0.25) is 0 Å². The monoisotopic (exact) mass is 282 g/mol. The van der Waals surface area contributed by atoms with Crippen molar-refractivity contribution >= 4 is 15.7 Å². The lowest BCUT2D eigenvalue weighted by Gasteiger charge is -2.29. The van der Waals surface area contributed by atoms with Gasteiger partial charge < -0.3 is 5.73 Å². The minimum Gasteiger partial charge on any atom is -0.398 e. The first-order valence-corrected chi connectivity index (χ1v) is 8.35. The maximum atomic E-state index is 12.3. The predicted octanol–water partition coefficient (Wildman–Crippen LogP) is 2.00. The molecule has 19 heavy (non-hydrogen) atoms. The van der Waals surface area contributed by atoms with Gasteiger partial charge in [0.05, 0.1) is 5.75 Å². The second-order valence-corrected chi connectivity index (χ2v) is 7.66. The van der Waals surface area contributed by atoms with Crippen molar-refractivity contribution in [3.05, 3.63) is 29.3 Å². The smallest absolute Gasteiger partial charge is 0.214 e. The van der Waals surface area contributed by atoms with Crippen LogP contribution in [0.5, 0.6) is 0 Å². The molecule has 1 aliphatic rings. The fourth-order valence-electron chi connectivity index (χ4n) is 2.33. The number of rotatable bonds is 4. The van der Waals surface area contributed by atoms with Crippen molar-refractivity contribution in [2.24, 2.45) is 5.92 Å². The van der Waals surface area contributed by atoms with Crippen molar-refractivity contribution in [3.63, 3.8) is 0 Å². The third-order valence-electron chi connectivity index (χ3n) is 3.62. The zero-order chi connectivity index (χ0) is 14.0. The van der Waals surface area contributed by atoms with Crippen molar-refractivity contribution in [2.45, 2.75) is 33.2 Å². The Kier molecular flexibility index (Phi) is 4.16. The number of anilines is 1. The van der Waals surface area contributed by atoms with Gasteiger partial charge in [0.25, 0.3) is 0 Å². The zero-order valence-corrected chi connectivity index (χ0v) is 12.4. The quantitative estimate of drug-likeness (QED) is 0.859. The Morgan fingerprint density at radius 3 is 2.79 bits per heavy atom. The van der Waals surface area contributed by atoms with E-state index in [4.69, 9.17) is 5.73 Å². The van der Waals surface area contributed by atoms with Crippen molar-refractivity contribution in [2.75, 3.05) is 18.0 Å². The lowest BCUT2D eigenvalue weighted by atomic mass is 10.00. The van der Waals surface area contributed by atoms with E-state index in [2.05, 4.69) is 0 Å². The molecule has 106 valence electrons. The van der Waals surface area contributed by atoms with Gasteiger partial charge in [-0.2, -0.15) is 4.31 Å². The summed E-state index contributed by atoms with van der Waals surface area (Å²) in [5.41, 5.74) is 8.79. The molecular formula is C14H22N2O2S. The normalized spacial score (nSPS) is 16.6. The molecule has 0 unspecified atom stereocenters. The molecule has 1 heterocycles. The van der Waals surface area contributed by atoms with Gasteiger partial charge in [0.1, 0.15) is 0 Å². The van der Waals surface area contributed by atoms with Crippen LogP contribution in [0.25, 0.3) is 0 Å². The van der Waals surface area contributed by atoms with Crippen LogP contribution in [0.3, 0.4) is 0 Å². The SMILES string of the molecule is CC(C)CCS(=O)(=O)N1CCc2cccc(N)c2C1. The fraction of sp³-hybridized carbons (Fsp3) is 0.571. The molecule has 1 aromatic carbocycles. The highest BCUT2D eigenvalue weighted by molar-refractivity contribution is 7.89. The Hall–Kier alpha value is -1.07. The highest BCUT2D eigenvalue weighted by Crippen LogP contribution is 2.26. The summed E-state index contributed by atoms with van der Waals surface area (Å²) in [6, 6.07) is 5.80. The molecule has 0 aromatic heterocycles. The molecule has 2 rings (SSSR count). The van der Waals surface area contributed by atoms with Gasteiger partial charge in [-0.1, -0.05) is 26.0 Å². The van der Waals surface area contributed by atoms with Gasteiger partial charge in [0, 0.05) is 18.8 Å². The lowest BCUT2D eigenvalue weighted by molar-refractivity contribution is 0.389. The van der Waals surface area contributed by atoms with Crippen LogP contribution in [0, 0.1) is 5.92 Å². The van der Waals surface area contributed by atoms with Crippen LogP contribution in [0.4, 0.5) is 5.69 Å². The molecule has 4 nitrogen and oxygen atoms in total. The summed E-state index contributed by atoms with van der Waals surface area (Å²) in [7, 11) is -3.16. The molecule has 0 saturated carbocycles. The minimum absolute atomic E-state index is 0.229. The van der Waals surface area contributed by atoms with Crippen LogP contribution in [0.15, 0.2) is 18.2 Å². The highest BCUT2D eigenvalue weighted by atomic mass is 32.2. The van der Waals surface area contributed by atoms with E-state index in [1.807, 2.05) is 32.0 Å². The van der Waals surface area contributed by atoms with E-state index in [0.717, 1.165) is 12.0 Å². The van der Waals surface area contributed by atoms with E-state index >= 15 is 0 Å². The van der Waals surface area contributed by atoms with Gasteiger partial charge >= 0.3 is 0 Å². The van der Waals surface area contributed by atoms with Crippen LogP contribution in [0.1, 0.15) is 31.4 Å². The first-order valence-electron chi connectivity index (χ1n) is 6.74. The van der Waals surface area contributed by atoms with E-state index in [1.165, 1.54) is 5.56 Å². The van der Waals surface area contributed by atoms with Gasteiger partial charge in [0.15, 0.2) is 0 Å². The third-order valence-corrected chi connectivity index (χ3v) is 5.47. The summed E-state index contributed by atoms with van der Waals surface area (Å²) in [5.74, 6) is 0.629. The number of sulfonamides is 1. The standard InChI is InChI=1S/C14H22N2O2S/c1-11(2)7-9-19(17,18)16-8-6-12-4-3-5-14(15)13(12)10-16/h3-5,11H,6-10,15H2,1-2H3. The average molecular weight is 282 g/mol. The second-order valence-electron chi connectivity index (χ2n) is 5.57. The van der Waals surface area contributed by atoms with Gasteiger partial charge in [-0.15, -0.1) is 0 Å². The van der Waals surface area contributed by atoms with Gasteiger partial charge in [-0.3, -0.25) is 0 Å². The van der Waals surface area contributed by atoms with Crippen molar-refractivity contribution in [1.82, 2.24) is 4.31 Å². The number of benzene rings is 1. The average Bonchev–Trinajstić information content (AvgIpc) is 2.37. The van der Waals surface area contributed by atoms with Crippen molar-refractivity contribution in [3.8, 4) is 0 Å². The molecule has 5 heteroatoms. The summed E-state index contributed by atoms with van der Waals surface area (Å²) in [6.45, 7) is 5.07. The van der Waals surface area contributed by atoms with E-state index in [9.17, 15) is 8.42 Å². The maximum Gasteiger partial charge on any atom is 0.214 e. The van der Waals surface area contributed by atoms with Crippen molar-refractivity contribution < 1.29 is 8.42 Å². The zero-order valence-electron chi connectivity index (χ0n) is 11.6. The Morgan fingerprint density at radius 2 is 2.11 bits per heavy atom. The number of hydrogen-bond acceptors (Lipinski definition) is 3. The summed E-state index contributed by atoms with van der Waals surface area (Å²) in [4.78, 5) is 0. The van der Waals surface area contributed by atoms with Gasteiger partial charge in [0.2, 0.25) is 10.0 Å². The molecule has 0 amide bonds. The van der Waals surface area contributed by atoms with Crippen LogP contribution >= 0.6 is 0 Å². The van der Waals surface area contributed by atoms with Crippen molar-refractivity contribution in [1.29, 1.82) is 0 Å². The fourth-order valence-corrected chi connectivity index (χ4v) is 4.06. The number of fused-ring (bicyclic) bond motifs is 1. The minimum atomic E-state index is -3.16. The van der Waals surface area contributed by atoms with Crippen LogP contribution in [-0.4, -0.2) is 25.0 Å².